The number of benzene rings is 2. The highest BCUT2D eigenvalue weighted by Gasteiger charge is 2.24. The number of hydrogen-bond donors (Lipinski definition) is 2. The van der Waals surface area contributed by atoms with Crippen LogP contribution in [0.1, 0.15) is 42.1 Å². The van der Waals surface area contributed by atoms with E-state index in [1.54, 1.807) is 18.8 Å². The van der Waals surface area contributed by atoms with Crippen LogP contribution in [0.4, 0.5) is 8.78 Å². The first-order valence-electron chi connectivity index (χ1n) is 11.7. The largest absolute Gasteiger partial charge is 0.503 e. The summed E-state index contributed by atoms with van der Waals surface area (Å²) < 4.78 is 35.8. The molecule has 0 aliphatic heterocycles. The minimum absolute atomic E-state index is 0.154. The number of hydrogen-bond acceptors (Lipinski definition) is 6. The van der Waals surface area contributed by atoms with Gasteiger partial charge >= 0.3 is 6.01 Å². The van der Waals surface area contributed by atoms with Gasteiger partial charge in [-0.15, -0.1) is 5.10 Å². The Hall–Kier alpha value is -4.02. The number of nitrogens with zero attached hydrogens (tertiary/aromatic N) is 5. The molecule has 11 heteroatoms. The quantitative estimate of drug-likeness (QED) is 0.418. The molecule has 2 aromatic heterocycles. The Morgan fingerprint density at radius 3 is 2.53 bits per heavy atom. The second kappa shape index (κ2) is 9.56. The lowest BCUT2D eigenvalue weighted by Gasteiger charge is -2.28. The summed E-state index contributed by atoms with van der Waals surface area (Å²) >= 11 is 0. The van der Waals surface area contributed by atoms with E-state index in [-0.39, 0.29) is 17.5 Å². The first-order chi connectivity index (χ1) is 17.3. The molecule has 4 aromatic rings. The van der Waals surface area contributed by atoms with E-state index in [1.807, 2.05) is 29.1 Å². The van der Waals surface area contributed by atoms with Gasteiger partial charge in [-0.25, -0.2) is 13.5 Å². The first-order valence-corrected chi connectivity index (χ1v) is 11.7. The van der Waals surface area contributed by atoms with E-state index in [4.69, 9.17) is 9.84 Å². The van der Waals surface area contributed by atoms with Crippen molar-refractivity contribution in [3.05, 3.63) is 53.7 Å². The molecule has 0 unspecified atom stereocenters. The van der Waals surface area contributed by atoms with Crippen LogP contribution in [0, 0.1) is 17.6 Å². The fourth-order valence-corrected chi connectivity index (χ4v) is 4.68. The predicted molar refractivity (Wildman–Crippen MR) is 128 cm³/mol. The van der Waals surface area contributed by atoms with Crippen LogP contribution in [-0.4, -0.2) is 49.2 Å². The minimum Gasteiger partial charge on any atom is -0.503 e. The molecule has 9 nitrogen and oxygen atoms in total. The summed E-state index contributed by atoms with van der Waals surface area (Å²) in [4.78, 5) is 16.7. The Balaban J connectivity index is 1.19. The van der Waals surface area contributed by atoms with Gasteiger partial charge in [0.05, 0.1) is 18.7 Å². The lowest BCUT2D eigenvalue weighted by atomic mass is 9.86. The van der Waals surface area contributed by atoms with Gasteiger partial charge in [0, 0.05) is 36.3 Å². The molecule has 0 atom stereocenters. The van der Waals surface area contributed by atoms with Crippen LogP contribution < -0.4 is 10.1 Å². The van der Waals surface area contributed by atoms with Gasteiger partial charge in [0.15, 0.2) is 23.2 Å². The van der Waals surface area contributed by atoms with Gasteiger partial charge in [-0.2, -0.15) is 10.1 Å². The van der Waals surface area contributed by atoms with Crippen LogP contribution in [0.25, 0.3) is 22.3 Å². The molecule has 0 radical (unpaired) electrons. The summed E-state index contributed by atoms with van der Waals surface area (Å²) in [6, 6.07) is 8.29. The standard InChI is InChI=1S/C25H26F2N6O3/c1-32-25(36-2)29-23(31-32)15-5-6-16-13-33(30-21(16)11-15)18-7-3-14(4-8-18)12-28-24(35)17-9-19(26)22(34)20(27)10-17/h5-6,9-11,13-14,18,34H,3-4,7-8,12H2,1-2H3,(H,28,35). The number of fused-ring (bicyclic) bond motifs is 1. The molecular formula is C25H26F2N6O3. The molecule has 188 valence electrons. The van der Waals surface area contributed by atoms with Gasteiger partial charge in [-0.05, 0) is 49.8 Å². The molecule has 1 aliphatic carbocycles. The van der Waals surface area contributed by atoms with E-state index in [2.05, 4.69) is 15.4 Å². The highest BCUT2D eigenvalue weighted by Crippen LogP contribution is 2.33. The van der Waals surface area contributed by atoms with Gasteiger partial charge in [0.1, 0.15) is 0 Å². The van der Waals surface area contributed by atoms with E-state index >= 15 is 0 Å². The zero-order valence-corrected chi connectivity index (χ0v) is 19.9. The zero-order chi connectivity index (χ0) is 25.4. The fourth-order valence-electron chi connectivity index (χ4n) is 4.68. The molecule has 2 heterocycles. The van der Waals surface area contributed by atoms with Gasteiger partial charge in [-0.1, -0.05) is 12.1 Å². The van der Waals surface area contributed by atoms with Crippen molar-refractivity contribution in [3.8, 4) is 23.1 Å². The Morgan fingerprint density at radius 2 is 1.86 bits per heavy atom. The molecule has 2 N–H and O–H groups in total. The number of nitrogens with one attached hydrogen (secondary N) is 1. The number of carbonyl (C=O) groups excluding carboxylic acids is 1. The van der Waals surface area contributed by atoms with Crippen LogP contribution >= 0.6 is 0 Å². The Kier molecular flexibility index (Phi) is 6.29. The topological polar surface area (TPSA) is 107 Å². The molecule has 36 heavy (non-hydrogen) atoms. The number of amides is 1. The monoisotopic (exact) mass is 496 g/mol. The number of aromatic nitrogens is 5. The maximum atomic E-state index is 13.5. The van der Waals surface area contributed by atoms with Gasteiger partial charge in [0.2, 0.25) is 0 Å². The van der Waals surface area contributed by atoms with Crippen molar-refractivity contribution in [1.82, 2.24) is 29.9 Å². The van der Waals surface area contributed by atoms with Gasteiger partial charge in [0.25, 0.3) is 5.91 Å². The average molecular weight is 497 g/mol. The number of carbonyl (C=O) groups is 1. The second-order valence-electron chi connectivity index (χ2n) is 9.10. The highest BCUT2D eigenvalue weighted by atomic mass is 19.1. The normalized spacial score (nSPS) is 17.9. The lowest BCUT2D eigenvalue weighted by Crippen LogP contribution is -2.31. The van der Waals surface area contributed by atoms with Gasteiger partial charge < -0.3 is 15.2 Å². The molecule has 0 bridgehead atoms. The minimum atomic E-state index is -1.16. The fraction of sp³-hybridized carbons (Fsp3) is 0.360. The number of phenols is 1. The molecule has 0 spiro atoms. The van der Waals surface area contributed by atoms with E-state index < -0.39 is 23.3 Å². The Bertz CT molecular complexity index is 1400. The zero-order valence-electron chi connectivity index (χ0n) is 19.9. The second-order valence-corrected chi connectivity index (χ2v) is 9.10. The smallest absolute Gasteiger partial charge is 0.314 e. The van der Waals surface area contributed by atoms with Crippen molar-refractivity contribution in [2.24, 2.45) is 13.0 Å². The van der Waals surface area contributed by atoms with Gasteiger partial charge in [-0.3, -0.25) is 9.48 Å². The molecule has 1 amide bonds. The van der Waals surface area contributed by atoms with Crippen molar-refractivity contribution in [2.75, 3.05) is 13.7 Å². The average Bonchev–Trinajstić information content (AvgIpc) is 3.48. The maximum Gasteiger partial charge on any atom is 0.314 e. The van der Waals surface area contributed by atoms with Crippen molar-refractivity contribution >= 4 is 16.8 Å². The maximum absolute atomic E-state index is 13.5. The van der Waals surface area contributed by atoms with Crippen LogP contribution in [0.2, 0.25) is 0 Å². The Morgan fingerprint density at radius 1 is 1.14 bits per heavy atom. The summed E-state index contributed by atoms with van der Waals surface area (Å²) in [7, 11) is 3.33. The lowest BCUT2D eigenvalue weighted by molar-refractivity contribution is 0.0940. The van der Waals surface area contributed by atoms with E-state index in [0.717, 1.165) is 54.3 Å². The molecule has 1 aliphatic rings. The van der Waals surface area contributed by atoms with Crippen molar-refractivity contribution in [2.45, 2.75) is 31.7 Å². The van der Waals surface area contributed by atoms with Crippen LogP contribution in [0.15, 0.2) is 36.5 Å². The van der Waals surface area contributed by atoms with Crippen LogP contribution in [0.3, 0.4) is 0 Å². The van der Waals surface area contributed by atoms with Crippen molar-refractivity contribution in [1.29, 1.82) is 0 Å². The first kappa shape index (κ1) is 23.7. The van der Waals surface area contributed by atoms with Crippen molar-refractivity contribution < 1.29 is 23.4 Å². The third-order valence-electron chi connectivity index (χ3n) is 6.71. The number of aromatic hydroxyl groups is 1. The third kappa shape index (κ3) is 4.60. The van der Waals surface area contributed by atoms with Crippen molar-refractivity contribution in [3.63, 3.8) is 0 Å². The molecule has 0 saturated heterocycles. The summed E-state index contributed by atoms with van der Waals surface area (Å²) in [5.41, 5.74) is 1.57. The SMILES string of the molecule is COc1nc(-c2ccc3cn(C4CCC(CNC(=O)c5cc(F)c(O)c(F)c5)CC4)nc3c2)nn1C. The molecule has 1 fully saturated rings. The van der Waals surface area contributed by atoms with Crippen LogP contribution in [-0.2, 0) is 7.05 Å². The summed E-state index contributed by atoms with van der Waals surface area (Å²) in [6.45, 7) is 0.417. The summed E-state index contributed by atoms with van der Waals surface area (Å²) in [5, 5.41) is 22.2. The number of rotatable bonds is 6. The molecular weight excluding hydrogens is 470 g/mol. The number of halogens is 2. The highest BCUT2D eigenvalue weighted by molar-refractivity contribution is 5.94. The predicted octanol–water partition coefficient (Wildman–Crippen LogP) is 3.99. The number of aryl methyl sites for hydroxylation is 1. The molecule has 2 aromatic carbocycles. The molecule has 5 rings (SSSR count). The number of ether oxygens (including phenoxy) is 1. The number of methoxy groups -OCH3 is 1. The van der Waals surface area contributed by atoms with E-state index in [9.17, 15) is 18.7 Å². The molecule has 1 saturated carbocycles. The van der Waals surface area contributed by atoms with Crippen LogP contribution in [0.5, 0.6) is 11.8 Å². The third-order valence-corrected chi connectivity index (χ3v) is 6.71. The van der Waals surface area contributed by atoms with E-state index in [1.165, 1.54) is 0 Å². The van der Waals surface area contributed by atoms with E-state index in [0.29, 0.717) is 18.4 Å². The Labute approximate surface area is 205 Å². The summed E-state index contributed by atoms with van der Waals surface area (Å²) in [6.07, 6.45) is 5.64. The summed E-state index contributed by atoms with van der Waals surface area (Å²) in [5.74, 6) is -3.12. The number of phenolic OH excluding ortho intramolecular Hbond substituents is 1.